The van der Waals surface area contributed by atoms with Crippen LogP contribution in [0.1, 0.15) is 49.4 Å². The number of nitrogens with two attached hydrogens (primary N) is 1. The Morgan fingerprint density at radius 2 is 2.00 bits per heavy atom. The second-order valence-corrected chi connectivity index (χ2v) is 7.33. The van der Waals surface area contributed by atoms with Gasteiger partial charge in [0.15, 0.2) is 5.82 Å². The molecule has 132 valence electrons. The summed E-state index contributed by atoms with van der Waals surface area (Å²) in [5.41, 5.74) is 11.2. The fraction of sp³-hybridized carbons (Fsp3) is 0.350. The van der Waals surface area contributed by atoms with Crippen LogP contribution in [0.4, 0.5) is 5.82 Å². The largest absolute Gasteiger partial charge is 0.382 e. The third-order valence-electron chi connectivity index (χ3n) is 5.49. The fourth-order valence-corrected chi connectivity index (χ4v) is 4.16. The van der Waals surface area contributed by atoms with Crippen molar-refractivity contribution in [1.29, 1.82) is 0 Å². The van der Waals surface area contributed by atoms with Crippen LogP contribution >= 0.6 is 0 Å². The summed E-state index contributed by atoms with van der Waals surface area (Å²) in [6, 6.07) is 8.54. The molecule has 3 heterocycles. The van der Waals surface area contributed by atoms with Crippen LogP contribution in [-0.2, 0) is 0 Å². The fourth-order valence-electron chi connectivity index (χ4n) is 4.16. The minimum Gasteiger partial charge on any atom is -0.382 e. The first-order chi connectivity index (χ1) is 12.7. The van der Waals surface area contributed by atoms with E-state index in [4.69, 9.17) is 10.7 Å². The van der Waals surface area contributed by atoms with E-state index in [9.17, 15) is 0 Å². The summed E-state index contributed by atoms with van der Waals surface area (Å²) >= 11 is 0. The number of nitrogens with zero attached hydrogens (tertiary/aromatic N) is 4. The van der Waals surface area contributed by atoms with Gasteiger partial charge in [0, 0.05) is 16.8 Å². The van der Waals surface area contributed by atoms with Crippen molar-refractivity contribution < 1.29 is 0 Å². The maximum Gasteiger partial charge on any atom is 0.153 e. The summed E-state index contributed by atoms with van der Waals surface area (Å²) in [6.45, 7) is 2.10. The number of aromatic nitrogens is 5. The second-order valence-electron chi connectivity index (χ2n) is 7.33. The van der Waals surface area contributed by atoms with E-state index in [-0.39, 0.29) is 0 Å². The molecular weight excluding hydrogens is 324 g/mol. The van der Waals surface area contributed by atoms with Crippen LogP contribution < -0.4 is 5.73 Å². The number of anilines is 1. The summed E-state index contributed by atoms with van der Waals surface area (Å²) in [4.78, 5) is 12.7. The van der Waals surface area contributed by atoms with Crippen LogP contribution in [0.25, 0.3) is 27.8 Å². The zero-order chi connectivity index (χ0) is 17.7. The van der Waals surface area contributed by atoms with Crippen LogP contribution in [0.15, 0.2) is 30.6 Å². The molecule has 0 bridgehead atoms. The number of nitrogen functional groups attached to an aromatic ring is 1. The Hall–Kier alpha value is -2.89. The second kappa shape index (κ2) is 5.83. The van der Waals surface area contributed by atoms with Gasteiger partial charge in [0.25, 0.3) is 0 Å². The molecular formula is C20H22N6. The lowest BCUT2D eigenvalue weighted by molar-refractivity contribution is 0.424. The molecule has 3 aromatic heterocycles. The van der Waals surface area contributed by atoms with E-state index >= 15 is 0 Å². The van der Waals surface area contributed by atoms with Gasteiger partial charge in [-0.15, -0.1) is 0 Å². The Morgan fingerprint density at radius 1 is 1.15 bits per heavy atom. The van der Waals surface area contributed by atoms with Crippen molar-refractivity contribution in [2.75, 3.05) is 5.73 Å². The summed E-state index contributed by atoms with van der Waals surface area (Å²) in [5, 5.41) is 5.65. The van der Waals surface area contributed by atoms with Crippen molar-refractivity contribution >= 4 is 22.2 Å². The van der Waals surface area contributed by atoms with Crippen LogP contribution in [0, 0.1) is 6.92 Å². The molecule has 4 aromatic rings. The highest BCUT2D eigenvalue weighted by molar-refractivity contribution is 5.91. The van der Waals surface area contributed by atoms with Gasteiger partial charge in [-0.05, 0) is 37.5 Å². The van der Waals surface area contributed by atoms with E-state index < -0.39 is 0 Å². The molecule has 1 saturated carbocycles. The van der Waals surface area contributed by atoms with Gasteiger partial charge in [0.2, 0.25) is 0 Å². The van der Waals surface area contributed by atoms with Crippen molar-refractivity contribution in [1.82, 2.24) is 24.6 Å². The van der Waals surface area contributed by atoms with Crippen molar-refractivity contribution in [3.05, 3.63) is 42.0 Å². The number of benzene rings is 1. The lowest BCUT2D eigenvalue weighted by Gasteiger charge is -2.19. The van der Waals surface area contributed by atoms with E-state index in [0.717, 1.165) is 41.1 Å². The smallest absolute Gasteiger partial charge is 0.153 e. The van der Waals surface area contributed by atoms with Gasteiger partial charge in [-0.3, -0.25) is 0 Å². The lowest BCUT2D eigenvalue weighted by Crippen LogP contribution is -2.10. The SMILES string of the molecule is Cc1ccc2cc(-c3nc(C4CCCCC4)n4ncnc(N)c34)[nH]c2c1. The monoisotopic (exact) mass is 346 g/mol. The molecule has 26 heavy (non-hydrogen) atoms. The van der Waals surface area contributed by atoms with Gasteiger partial charge in [-0.2, -0.15) is 5.10 Å². The normalized spacial score (nSPS) is 15.9. The van der Waals surface area contributed by atoms with Gasteiger partial charge < -0.3 is 10.7 Å². The summed E-state index contributed by atoms with van der Waals surface area (Å²) in [7, 11) is 0. The highest BCUT2D eigenvalue weighted by Crippen LogP contribution is 2.36. The molecule has 1 aliphatic rings. The van der Waals surface area contributed by atoms with Crippen molar-refractivity contribution in [3.63, 3.8) is 0 Å². The molecule has 3 N–H and O–H groups in total. The number of aryl methyl sites for hydroxylation is 1. The Labute approximate surface area is 151 Å². The number of H-pyrrole nitrogens is 1. The van der Waals surface area contributed by atoms with E-state index in [2.05, 4.69) is 46.3 Å². The maximum absolute atomic E-state index is 6.23. The predicted molar refractivity (Wildman–Crippen MR) is 103 cm³/mol. The lowest BCUT2D eigenvalue weighted by atomic mass is 9.89. The van der Waals surface area contributed by atoms with E-state index in [1.54, 1.807) is 0 Å². The molecule has 0 radical (unpaired) electrons. The maximum atomic E-state index is 6.23. The predicted octanol–water partition coefficient (Wildman–Crippen LogP) is 4.21. The van der Waals surface area contributed by atoms with Gasteiger partial charge in [-0.25, -0.2) is 14.5 Å². The number of hydrogen-bond donors (Lipinski definition) is 2. The quantitative estimate of drug-likeness (QED) is 0.569. The molecule has 6 nitrogen and oxygen atoms in total. The molecule has 0 atom stereocenters. The first-order valence-electron chi connectivity index (χ1n) is 9.29. The minimum absolute atomic E-state index is 0.436. The first kappa shape index (κ1) is 15.4. The topological polar surface area (TPSA) is 84.9 Å². The highest BCUT2D eigenvalue weighted by Gasteiger charge is 2.25. The molecule has 1 aromatic carbocycles. The standard InChI is InChI=1S/C20H22N6/c1-12-7-8-14-10-16(24-15(14)9-12)17-18-19(21)22-11-23-26(18)20(25-17)13-5-3-2-4-6-13/h7-11,13,24H,2-6H2,1H3,(H2,21,22,23). The Morgan fingerprint density at radius 3 is 2.85 bits per heavy atom. The number of nitrogens with one attached hydrogen (secondary N) is 1. The average molecular weight is 346 g/mol. The van der Waals surface area contributed by atoms with Gasteiger partial charge in [0.05, 0.1) is 5.69 Å². The van der Waals surface area contributed by atoms with Gasteiger partial charge in [-0.1, -0.05) is 31.4 Å². The van der Waals surface area contributed by atoms with Crippen LogP contribution in [0.5, 0.6) is 0 Å². The zero-order valence-corrected chi connectivity index (χ0v) is 14.9. The molecule has 0 aliphatic heterocycles. The average Bonchev–Trinajstić information content (AvgIpc) is 3.24. The van der Waals surface area contributed by atoms with E-state index in [0.29, 0.717) is 11.7 Å². The molecule has 1 aliphatic carbocycles. The molecule has 0 amide bonds. The summed E-state index contributed by atoms with van der Waals surface area (Å²) < 4.78 is 1.91. The molecule has 6 heteroatoms. The molecule has 0 saturated heterocycles. The Bertz CT molecular complexity index is 1100. The number of imidazole rings is 1. The summed E-state index contributed by atoms with van der Waals surface area (Å²) in [6.07, 6.45) is 7.66. The number of aromatic amines is 1. The Balaban J connectivity index is 1.73. The highest BCUT2D eigenvalue weighted by atomic mass is 15.3. The first-order valence-corrected chi connectivity index (χ1v) is 9.29. The van der Waals surface area contributed by atoms with Gasteiger partial charge in [0.1, 0.15) is 23.4 Å². The molecule has 0 spiro atoms. The molecule has 1 fully saturated rings. The van der Waals surface area contributed by atoms with Crippen molar-refractivity contribution in [2.24, 2.45) is 0 Å². The molecule has 5 rings (SSSR count). The van der Waals surface area contributed by atoms with Crippen LogP contribution in [-0.4, -0.2) is 24.6 Å². The number of fused-ring (bicyclic) bond motifs is 2. The van der Waals surface area contributed by atoms with Crippen molar-refractivity contribution in [3.8, 4) is 11.4 Å². The molecule has 0 unspecified atom stereocenters. The van der Waals surface area contributed by atoms with E-state index in [1.807, 2.05) is 4.52 Å². The van der Waals surface area contributed by atoms with E-state index in [1.165, 1.54) is 36.5 Å². The van der Waals surface area contributed by atoms with Crippen molar-refractivity contribution in [2.45, 2.75) is 44.9 Å². The Kier molecular flexibility index (Phi) is 3.45. The number of rotatable bonds is 2. The zero-order valence-electron chi connectivity index (χ0n) is 14.9. The van der Waals surface area contributed by atoms with Crippen LogP contribution in [0.3, 0.4) is 0 Å². The third-order valence-corrected chi connectivity index (χ3v) is 5.49. The third kappa shape index (κ3) is 2.36. The van der Waals surface area contributed by atoms with Crippen LogP contribution in [0.2, 0.25) is 0 Å². The number of hydrogen-bond acceptors (Lipinski definition) is 4. The minimum atomic E-state index is 0.436. The van der Waals surface area contributed by atoms with Gasteiger partial charge >= 0.3 is 0 Å². The summed E-state index contributed by atoms with van der Waals surface area (Å²) in [5.74, 6) is 1.92.